The van der Waals surface area contributed by atoms with Crippen molar-refractivity contribution < 1.29 is 4.74 Å². The zero-order chi connectivity index (χ0) is 17.8. The first-order valence-corrected chi connectivity index (χ1v) is 8.14. The summed E-state index contributed by atoms with van der Waals surface area (Å²) in [6.45, 7) is 2.61. The number of nitrogens with two attached hydrogens (primary N) is 2. The Morgan fingerprint density at radius 3 is 2.68 bits per heavy atom. The van der Waals surface area contributed by atoms with Gasteiger partial charge in [-0.05, 0) is 31.4 Å². The minimum atomic E-state index is 0.163. The van der Waals surface area contributed by atoms with Crippen molar-refractivity contribution in [1.82, 2.24) is 19.7 Å². The Balaban J connectivity index is 1.73. The molecule has 25 heavy (non-hydrogen) atoms. The minimum Gasteiger partial charge on any atom is -0.493 e. The molecule has 2 heterocycles. The molecule has 0 radical (unpaired) electrons. The zero-order valence-corrected chi connectivity index (χ0v) is 14.4. The second kappa shape index (κ2) is 7.21. The molecule has 4 N–H and O–H groups in total. The highest BCUT2D eigenvalue weighted by molar-refractivity contribution is 5.68. The van der Waals surface area contributed by atoms with E-state index in [1.165, 1.54) is 0 Å². The lowest BCUT2D eigenvalue weighted by Gasteiger charge is -2.12. The van der Waals surface area contributed by atoms with Gasteiger partial charge in [0.25, 0.3) is 0 Å². The maximum atomic E-state index is 6.08. The average Bonchev–Trinajstić information content (AvgIpc) is 3.00. The van der Waals surface area contributed by atoms with Crippen molar-refractivity contribution in [3.63, 3.8) is 0 Å². The van der Waals surface area contributed by atoms with Gasteiger partial charge in [0.2, 0.25) is 5.95 Å². The molecule has 0 amide bonds. The van der Waals surface area contributed by atoms with E-state index in [1.54, 1.807) is 10.9 Å². The molecule has 0 saturated carbocycles. The lowest BCUT2D eigenvalue weighted by atomic mass is 10.1. The Bertz CT molecular complexity index is 874. The smallest absolute Gasteiger partial charge is 0.222 e. The third-order valence-electron chi connectivity index (χ3n) is 3.96. The van der Waals surface area contributed by atoms with E-state index in [-0.39, 0.29) is 5.95 Å². The van der Waals surface area contributed by atoms with Gasteiger partial charge in [0, 0.05) is 24.4 Å². The fourth-order valence-electron chi connectivity index (χ4n) is 2.70. The molecule has 0 atom stereocenters. The van der Waals surface area contributed by atoms with Crippen LogP contribution in [0.25, 0.3) is 11.3 Å². The number of nitrogens with zero attached hydrogens (tertiary/aromatic N) is 4. The lowest BCUT2D eigenvalue weighted by Crippen LogP contribution is -2.08. The van der Waals surface area contributed by atoms with Crippen molar-refractivity contribution in [1.29, 1.82) is 0 Å². The lowest BCUT2D eigenvalue weighted by molar-refractivity contribution is 0.309. The number of hydrogen-bond donors (Lipinski definition) is 2. The zero-order valence-electron chi connectivity index (χ0n) is 14.4. The van der Waals surface area contributed by atoms with Gasteiger partial charge in [-0.2, -0.15) is 10.1 Å². The molecule has 2 aromatic heterocycles. The van der Waals surface area contributed by atoms with E-state index in [0.717, 1.165) is 34.6 Å². The van der Waals surface area contributed by atoms with Gasteiger partial charge in [0.05, 0.1) is 18.5 Å². The number of anilines is 2. The van der Waals surface area contributed by atoms with Crippen LogP contribution < -0.4 is 16.2 Å². The molecule has 0 aliphatic heterocycles. The molecular formula is C18H22N6O. The summed E-state index contributed by atoms with van der Waals surface area (Å²) in [4.78, 5) is 8.46. The molecule has 0 bridgehead atoms. The summed E-state index contributed by atoms with van der Waals surface area (Å²) in [6.07, 6.45) is 5.12. The van der Waals surface area contributed by atoms with E-state index in [9.17, 15) is 0 Å². The molecule has 7 nitrogen and oxygen atoms in total. The van der Waals surface area contributed by atoms with Crippen molar-refractivity contribution in [3.8, 4) is 17.0 Å². The number of aromatic nitrogens is 4. The van der Waals surface area contributed by atoms with Crippen molar-refractivity contribution in [2.45, 2.75) is 19.8 Å². The minimum absolute atomic E-state index is 0.163. The van der Waals surface area contributed by atoms with Crippen molar-refractivity contribution in [3.05, 3.63) is 47.8 Å². The summed E-state index contributed by atoms with van der Waals surface area (Å²) in [7, 11) is 1.85. The van der Waals surface area contributed by atoms with Crippen molar-refractivity contribution >= 4 is 11.8 Å². The highest BCUT2D eigenvalue weighted by Crippen LogP contribution is 2.27. The fraction of sp³-hybridized carbons (Fsp3) is 0.278. The molecule has 0 saturated heterocycles. The number of nitrogen functional groups attached to an aromatic ring is 2. The van der Waals surface area contributed by atoms with E-state index in [0.29, 0.717) is 18.8 Å². The van der Waals surface area contributed by atoms with E-state index >= 15 is 0 Å². The van der Waals surface area contributed by atoms with E-state index < -0.39 is 0 Å². The molecule has 0 fully saturated rings. The first-order valence-electron chi connectivity index (χ1n) is 8.14. The Morgan fingerprint density at radius 1 is 1.16 bits per heavy atom. The molecule has 0 aliphatic rings. The van der Waals surface area contributed by atoms with Crippen LogP contribution in [0.5, 0.6) is 5.75 Å². The monoisotopic (exact) mass is 338 g/mol. The molecule has 7 heteroatoms. The Morgan fingerprint density at radius 2 is 1.96 bits per heavy atom. The largest absolute Gasteiger partial charge is 0.493 e. The molecule has 130 valence electrons. The highest BCUT2D eigenvalue weighted by atomic mass is 16.5. The fourth-order valence-corrected chi connectivity index (χ4v) is 2.70. The van der Waals surface area contributed by atoms with Gasteiger partial charge in [-0.1, -0.05) is 18.2 Å². The van der Waals surface area contributed by atoms with Gasteiger partial charge in [0.1, 0.15) is 11.6 Å². The van der Waals surface area contributed by atoms with Gasteiger partial charge >= 0.3 is 0 Å². The van der Waals surface area contributed by atoms with E-state index in [4.69, 9.17) is 16.2 Å². The number of ether oxygens (including phenoxy) is 1. The van der Waals surface area contributed by atoms with Crippen LogP contribution in [0.2, 0.25) is 0 Å². The number of benzene rings is 1. The molecule has 1 aromatic carbocycles. The van der Waals surface area contributed by atoms with Crippen LogP contribution in [0.1, 0.15) is 17.5 Å². The molecule has 3 aromatic rings. The molecule has 0 unspecified atom stereocenters. The second-order valence-corrected chi connectivity index (χ2v) is 5.91. The molecular weight excluding hydrogens is 316 g/mol. The standard InChI is InChI=1S/C18H22N6O/c1-12-6-3-4-8-15(12)25-9-5-7-14-16(13-10-21-24(2)11-13)22-18(20)23-17(14)19/h3-4,6,8,10-11H,5,7,9H2,1-2H3,(H4,19,20,22,23). The average molecular weight is 338 g/mol. The normalized spacial score (nSPS) is 10.8. The van der Waals surface area contributed by atoms with Gasteiger partial charge in [-0.15, -0.1) is 0 Å². The Kier molecular flexibility index (Phi) is 4.83. The molecule has 3 rings (SSSR count). The van der Waals surface area contributed by atoms with Crippen LogP contribution in [0.3, 0.4) is 0 Å². The van der Waals surface area contributed by atoms with Gasteiger partial charge in [0.15, 0.2) is 0 Å². The van der Waals surface area contributed by atoms with E-state index in [2.05, 4.69) is 15.1 Å². The summed E-state index contributed by atoms with van der Waals surface area (Å²) >= 11 is 0. The summed E-state index contributed by atoms with van der Waals surface area (Å²) in [5, 5.41) is 4.19. The molecule has 0 spiro atoms. The Hall–Kier alpha value is -3.09. The maximum absolute atomic E-state index is 6.08. The highest BCUT2D eigenvalue weighted by Gasteiger charge is 2.14. The molecule has 0 aliphatic carbocycles. The SMILES string of the molecule is Cc1ccccc1OCCCc1c(N)nc(N)nc1-c1cnn(C)c1. The number of para-hydroxylation sites is 1. The van der Waals surface area contributed by atoms with Crippen LogP contribution in [0.4, 0.5) is 11.8 Å². The quantitative estimate of drug-likeness (QED) is 0.669. The third-order valence-corrected chi connectivity index (χ3v) is 3.96. The van der Waals surface area contributed by atoms with Crippen molar-refractivity contribution in [2.24, 2.45) is 7.05 Å². The topological polar surface area (TPSA) is 105 Å². The van der Waals surface area contributed by atoms with Crippen molar-refractivity contribution in [2.75, 3.05) is 18.1 Å². The maximum Gasteiger partial charge on any atom is 0.222 e. The third kappa shape index (κ3) is 3.88. The van der Waals surface area contributed by atoms with Crippen LogP contribution in [-0.4, -0.2) is 26.4 Å². The first-order chi connectivity index (χ1) is 12.0. The predicted octanol–water partition coefficient (Wildman–Crippen LogP) is 2.36. The van der Waals surface area contributed by atoms with Crippen LogP contribution in [0.15, 0.2) is 36.7 Å². The summed E-state index contributed by atoms with van der Waals surface area (Å²) in [6, 6.07) is 7.96. The summed E-state index contributed by atoms with van der Waals surface area (Å²) in [5.41, 5.74) is 15.4. The van der Waals surface area contributed by atoms with Gasteiger partial charge < -0.3 is 16.2 Å². The van der Waals surface area contributed by atoms with Crippen LogP contribution >= 0.6 is 0 Å². The van der Waals surface area contributed by atoms with Crippen LogP contribution in [0, 0.1) is 6.92 Å². The number of hydrogen-bond acceptors (Lipinski definition) is 6. The Labute approximate surface area is 146 Å². The summed E-state index contributed by atoms with van der Waals surface area (Å²) in [5.74, 6) is 1.47. The van der Waals surface area contributed by atoms with Crippen LogP contribution in [-0.2, 0) is 13.5 Å². The van der Waals surface area contributed by atoms with Gasteiger partial charge in [-0.3, -0.25) is 4.68 Å². The number of rotatable bonds is 6. The predicted molar refractivity (Wildman–Crippen MR) is 98.1 cm³/mol. The first kappa shape index (κ1) is 16.8. The van der Waals surface area contributed by atoms with E-state index in [1.807, 2.05) is 44.4 Å². The summed E-state index contributed by atoms with van der Waals surface area (Å²) < 4.78 is 7.57. The second-order valence-electron chi connectivity index (χ2n) is 5.91. The van der Waals surface area contributed by atoms with Gasteiger partial charge in [-0.25, -0.2) is 4.98 Å². The number of aryl methyl sites for hydroxylation is 2.